The molecule has 0 spiro atoms. The lowest BCUT2D eigenvalue weighted by Gasteiger charge is -2.07. The molecule has 2 N–H and O–H groups in total. The van der Waals surface area contributed by atoms with E-state index in [-0.39, 0.29) is 28.9 Å². The highest BCUT2D eigenvalue weighted by Crippen LogP contribution is 2.20. The molecule has 1 rings (SSSR count). The van der Waals surface area contributed by atoms with Gasteiger partial charge < -0.3 is 5.11 Å². The summed E-state index contributed by atoms with van der Waals surface area (Å²) in [6.45, 7) is -0.199. The van der Waals surface area contributed by atoms with Gasteiger partial charge >= 0.3 is 0 Å². The average Bonchev–Trinajstić information content (AvgIpc) is 2.20. The Balaban J connectivity index is 2.76. The van der Waals surface area contributed by atoms with Crippen LogP contribution in [0.3, 0.4) is 0 Å². The number of aliphatic hydroxyl groups is 1. The van der Waals surface area contributed by atoms with E-state index >= 15 is 0 Å². The molecule has 0 aromatic heterocycles. The molecule has 0 amide bonds. The SMILES string of the molecule is O=S(=O)(CCCO)Nc1ccc(Br)c(F)c1. The Morgan fingerprint density at radius 2 is 2.12 bits per heavy atom. The Morgan fingerprint density at radius 1 is 1.44 bits per heavy atom. The van der Waals surface area contributed by atoms with Crippen molar-refractivity contribution in [2.45, 2.75) is 6.42 Å². The van der Waals surface area contributed by atoms with Crippen molar-refractivity contribution in [1.82, 2.24) is 0 Å². The lowest BCUT2D eigenvalue weighted by molar-refractivity contribution is 0.295. The number of hydrogen-bond donors (Lipinski definition) is 2. The molecule has 0 aliphatic carbocycles. The van der Waals surface area contributed by atoms with Crippen LogP contribution in [0.4, 0.5) is 10.1 Å². The molecule has 0 heterocycles. The summed E-state index contributed by atoms with van der Waals surface area (Å²) in [7, 11) is -3.52. The summed E-state index contributed by atoms with van der Waals surface area (Å²) < 4.78 is 38.4. The number of aliphatic hydroxyl groups excluding tert-OH is 1. The summed E-state index contributed by atoms with van der Waals surface area (Å²) >= 11 is 2.97. The van der Waals surface area contributed by atoms with Crippen molar-refractivity contribution in [3.8, 4) is 0 Å². The van der Waals surface area contributed by atoms with Gasteiger partial charge in [0.15, 0.2) is 0 Å². The third-order valence-electron chi connectivity index (χ3n) is 1.76. The maximum atomic E-state index is 13.1. The molecule has 90 valence electrons. The van der Waals surface area contributed by atoms with Gasteiger partial charge in [-0.1, -0.05) is 0 Å². The third kappa shape index (κ3) is 4.07. The monoisotopic (exact) mass is 311 g/mol. The molecular formula is C9H11BrFNO3S. The number of rotatable bonds is 5. The molecule has 4 nitrogen and oxygen atoms in total. The molecule has 0 atom stereocenters. The van der Waals surface area contributed by atoms with Gasteiger partial charge in [-0.25, -0.2) is 12.8 Å². The van der Waals surface area contributed by atoms with E-state index in [1.54, 1.807) is 0 Å². The fourth-order valence-electron chi connectivity index (χ4n) is 1.04. The minimum Gasteiger partial charge on any atom is -0.396 e. The largest absolute Gasteiger partial charge is 0.396 e. The Hall–Kier alpha value is -0.660. The van der Waals surface area contributed by atoms with Crippen LogP contribution in [0.2, 0.25) is 0 Å². The summed E-state index contributed by atoms with van der Waals surface area (Å²) in [5, 5.41) is 8.52. The van der Waals surface area contributed by atoms with Crippen LogP contribution in [0, 0.1) is 5.82 Å². The zero-order valence-electron chi connectivity index (χ0n) is 8.28. The molecule has 1 aromatic carbocycles. The molecule has 0 radical (unpaired) electrons. The van der Waals surface area contributed by atoms with Gasteiger partial charge in [0.25, 0.3) is 0 Å². The summed E-state index contributed by atoms with van der Waals surface area (Å²) in [6, 6.07) is 3.95. The van der Waals surface area contributed by atoms with Crippen molar-refractivity contribution in [2.24, 2.45) is 0 Å². The van der Waals surface area contributed by atoms with Gasteiger partial charge in [0.1, 0.15) is 5.82 Å². The molecule has 0 saturated heterocycles. The highest BCUT2D eigenvalue weighted by atomic mass is 79.9. The quantitative estimate of drug-likeness (QED) is 0.870. The average molecular weight is 312 g/mol. The second-order valence-corrected chi connectivity index (χ2v) is 5.82. The Labute approximate surface area is 102 Å². The van der Waals surface area contributed by atoms with Crippen molar-refractivity contribution in [3.63, 3.8) is 0 Å². The maximum Gasteiger partial charge on any atom is 0.232 e. The molecule has 0 aliphatic rings. The van der Waals surface area contributed by atoms with Crippen molar-refractivity contribution in [3.05, 3.63) is 28.5 Å². The molecule has 16 heavy (non-hydrogen) atoms. The molecule has 0 bridgehead atoms. The van der Waals surface area contributed by atoms with Crippen LogP contribution in [0.15, 0.2) is 22.7 Å². The van der Waals surface area contributed by atoms with Crippen LogP contribution in [0.5, 0.6) is 0 Å². The number of halogens is 2. The Kier molecular flexibility index (Phi) is 4.69. The van der Waals surface area contributed by atoms with Crippen LogP contribution in [0.1, 0.15) is 6.42 Å². The minimum atomic E-state index is -3.52. The highest BCUT2D eigenvalue weighted by Gasteiger charge is 2.10. The van der Waals surface area contributed by atoms with Gasteiger partial charge in [-0.05, 0) is 40.5 Å². The molecule has 0 aliphatic heterocycles. The molecule has 7 heteroatoms. The first kappa shape index (κ1) is 13.4. The van der Waals surface area contributed by atoms with E-state index in [4.69, 9.17) is 5.11 Å². The standard InChI is InChI=1S/C9H11BrFNO3S/c10-8-3-2-7(6-9(8)11)12-16(14,15)5-1-4-13/h2-3,6,12-13H,1,4-5H2. The van der Waals surface area contributed by atoms with Crippen LogP contribution >= 0.6 is 15.9 Å². The van der Waals surface area contributed by atoms with Gasteiger partial charge in [0.2, 0.25) is 10.0 Å². The van der Waals surface area contributed by atoms with Gasteiger partial charge in [-0.15, -0.1) is 0 Å². The zero-order valence-corrected chi connectivity index (χ0v) is 10.7. The van der Waals surface area contributed by atoms with Crippen molar-refractivity contribution < 1.29 is 17.9 Å². The fourth-order valence-corrected chi connectivity index (χ4v) is 2.39. The molecule has 1 aromatic rings. The maximum absolute atomic E-state index is 13.1. The van der Waals surface area contributed by atoms with Crippen LogP contribution < -0.4 is 4.72 Å². The smallest absolute Gasteiger partial charge is 0.232 e. The summed E-state index contributed by atoms with van der Waals surface area (Å²) in [6.07, 6.45) is 0.147. The lowest BCUT2D eigenvalue weighted by atomic mass is 10.3. The molecular weight excluding hydrogens is 301 g/mol. The highest BCUT2D eigenvalue weighted by molar-refractivity contribution is 9.10. The summed E-state index contributed by atoms with van der Waals surface area (Å²) in [5.74, 6) is -0.733. The zero-order chi connectivity index (χ0) is 12.2. The summed E-state index contributed by atoms with van der Waals surface area (Å²) in [4.78, 5) is 0. The van der Waals surface area contributed by atoms with Crippen molar-refractivity contribution in [1.29, 1.82) is 0 Å². The first-order valence-electron chi connectivity index (χ1n) is 4.51. The first-order chi connectivity index (χ1) is 7.44. The van der Waals surface area contributed by atoms with Gasteiger partial charge in [0, 0.05) is 6.61 Å². The second kappa shape index (κ2) is 5.60. The van der Waals surface area contributed by atoms with E-state index in [9.17, 15) is 12.8 Å². The van der Waals surface area contributed by atoms with E-state index in [0.29, 0.717) is 0 Å². The number of nitrogens with one attached hydrogen (secondary N) is 1. The topological polar surface area (TPSA) is 66.4 Å². The van der Waals surface area contributed by atoms with Gasteiger partial charge in [-0.2, -0.15) is 0 Å². The van der Waals surface area contributed by atoms with E-state index in [1.165, 1.54) is 12.1 Å². The summed E-state index contributed by atoms with van der Waals surface area (Å²) in [5.41, 5.74) is 0.165. The predicted molar refractivity (Wildman–Crippen MR) is 63.2 cm³/mol. The van der Waals surface area contributed by atoms with Crippen LogP contribution in [-0.4, -0.2) is 25.9 Å². The number of anilines is 1. The molecule has 0 unspecified atom stereocenters. The van der Waals surface area contributed by atoms with Gasteiger partial charge in [-0.3, -0.25) is 4.72 Å². The first-order valence-corrected chi connectivity index (χ1v) is 6.95. The predicted octanol–water partition coefficient (Wildman–Crippen LogP) is 1.71. The normalized spacial score (nSPS) is 11.4. The lowest BCUT2D eigenvalue weighted by Crippen LogP contribution is -2.17. The van der Waals surface area contributed by atoms with Gasteiger partial charge in [0.05, 0.1) is 15.9 Å². The van der Waals surface area contributed by atoms with Crippen molar-refractivity contribution >= 4 is 31.6 Å². The number of sulfonamides is 1. The third-order valence-corrected chi connectivity index (χ3v) is 3.78. The van der Waals surface area contributed by atoms with E-state index in [2.05, 4.69) is 20.7 Å². The molecule has 0 saturated carbocycles. The minimum absolute atomic E-state index is 0.147. The van der Waals surface area contributed by atoms with E-state index in [0.717, 1.165) is 6.07 Å². The van der Waals surface area contributed by atoms with E-state index in [1.807, 2.05) is 0 Å². The Bertz CT molecular complexity index is 464. The second-order valence-electron chi connectivity index (χ2n) is 3.13. The Morgan fingerprint density at radius 3 is 2.69 bits per heavy atom. The number of benzene rings is 1. The van der Waals surface area contributed by atoms with Crippen LogP contribution in [-0.2, 0) is 10.0 Å². The number of hydrogen-bond acceptors (Lipinski definition) is 3. The fraction of sp³-hybridized carbons (Fsp3) is 0.333. The van der Waals surface area contributed by atoms with E-state index < -0.39 is 15.8 Å². The van der Waals surface area contributed by atoms with Crippen LogP contribution in [0.25, 0.3) is 0 Å². The van der Waals surface area contributed by atoms with Crippen molar-refractivity contribution in [2.75, 3.05) is 17.1 Å². The molecule has 0 fully saturated rings.